The smallest absolute Gasteiger partial charge is 0.244 e. The van der Waals surface area contributed by atoms with Crippen molar-refractivity contribution in [3.8, 4) is 6.07 Å². The fourth-order valence-corrected chi connectivity index (χ4v) is 2.73. The summed E-state index contributed by atoms with van der Waals surface area (Å²) in [6, 6.07) is 1.80. The zero-order chi connectivity index (χ0) is 13.5. The molecule has 0 aliphatic heterocycles. The van der Waals surface area contributed by atoms with Gasteiger partial charge in [0.15, 0.2) is 11.7 Å². The van der Waals surface area contributed by atoms with Crippen molar-refractivity contribution in [2.75, 3.05) is 7.05 Å². The van der Waals surface area contributed by atoms with Crippen LogP contribution >= 0.6 is 0 Å². The molecule has 0 aromatic carbocycles. The maximum Gasteiger partial charge on any atom is 0.244 e. The van der Waals surface area contributed by atoms with Gasteiger partial charge in [-0.25, -0.2) is 0 Å². The molecule has 100 valence electrons. The Bertz CT molecular complexity index is 340. The van der Waals surface area contributed by atoms with Crippen molar-refractivity contribution in [3.63, 3.8) is 0 Å². The van der Waals surface area contributed by atoms with Gasteiger partial charge in [0.05, 0.1) is 6.07 Å². The Morgan fingerprint density at radius 2 is 1.94 bits per heavy atom. The molecule has 0 aromatic heterocycles. The van der Waals surface area contributed by atoms with Crippen molar-refractivity contribution in [1.82, 2.24) is 5.32 Å². The van der Waals surface area contributed by atoms with Crippen LogP contribution in [0.1, 0.15) is 45.4 Å². The third-order valence-electron chi connectivity index (χ3n) is 3.94. The van der Waals surface area contributed by atoms with Gasteiger partial charge in [-0.3, -0.25) is 9.59 Å². The molecule has 0 bridgehead atoms. The first-order valence-electron chi connectivity index (χ1n) is 6.74. The summed E-state index contributed by atoms with van der Waals surface area (Å²) in [5, 5.41) is 11.3. The van der Waals surface area contributed by atoms with Crippen LogP contribution in [-0.2, 0) is 9.59 Å². The summed E-state index contributed by atoms with van der Waals surface area (Å²) in [5.41, 5.74) is 0. The Morgan fingerprint density at radius 3 is 2.44 bits per heavy atom. The molecule has 0 aromatic rings. The molecular formula is C14H22N2O2. The summed E-state index contributed by atoms with van der Waals surface area (Å²) in [6.07, 6.45) is 6.45. The summed E-state index contributed by atoms with van der Waals surface area (Å²) < 4.78 is 0. The lowest BCUT2D eigenvalue weighted by atomic mass is 9.78. The highest BCUT2D eigenvalue weighted by Gasteiger charge is 2.29. The van der Waals surface area contributed by atoms with Crippen molar-refractivity contribution in [3.05, 3.63) is 0 Å². The van der Waals surface area contributed by atoms with Crippen LogP contribution in [0.4, 0.5) is 0 Å². The minimum absolute atomic E-state index is 0.241. The number of hydrogen-bond donors (Lipinski definition) is 1. The molecule has 0 spiro atoms. The monoisotopic (exact) mass is 250 g/mol. The summed E-state index contributed by atoms with van der Waals surface area (Å²) in [6.45, 7) is 2.06. The molecule has 1 N–H and O–H groups in total. The van der Waals surface area contributed by atoms with E-state index in [4.69, 9.17) is 5.26 Å². The molecule has 1 saturated carbocycles. The summed E-state index contributed by atoms with van der Waals surface area (Å²) in [5.74, 6) is -1.01. The lowest BCUT2D eigenvalue weighted by Crippen LogP contribution is -2.33. The van der Waals surface area contributed by atoms with E-state index in [1.165, 1.54) is 39.2 Å². The maximum atomic E-state index is 11.9. The first-order valence-corrected chi connectivity index (χ1v) is 6.74. The van der Waals surface area contributed by atoms with E-state index in [-0.39, 0.29) is 11.7 Å². The molecule has 2 atom stereocenters. The number of nitriles is 1. The Kier molecular flexibility index (Phi) is 5.84. The van der Waals surface area contributed by atoms with Gasteiger partial charge in [-0.2, -0.15) is 5.26 Å². The van der Waals surface area contributed by atoms with E-state index in [9.17, 15) is 9.59 Å². The molecule has 0 saturated heterocycles. The largest absolute Gasteiger partial charge is 0.358 e. The zero-order valence-corrected chi connectivity index (χ0v) is 11.2. The van der Waals surface area contributed by atoms with E-state index in [1.807, 2.05) is 0 Å². The fourth-order valence-electron chi connectivity index (χ4n) is 2.73. The van der Waals surface area contributed by atoms with Crippen molar-refractivity contribution in [2.45, 2.75) is 45.4 Å². The molecule has 1 fully saturated rings. The Balaban J connectivity index is 2.52. The maximum absolute atomic E-state index is 11.9. The Hall–Kier alpha value is -1.37. The van der Waals surface area contributed by atoms with Crippen LogP contribution in [0.3, 0.4) is 0 Å². The molecule has 1 rings (SSSR count). The van der Waals surface area contributed by atoms with E-state index in [1.54, 1.807) is 6.07 Å². The van der Waals surface area contributed by atoms with Gasteiger partial charge in [-0.15, -0.1) is 0 Å². The topological polar surface area (TPSA) is 70.0 Å². The van der Waals surface area contributed by atoms with E-state index in [2.05, 4.69) is 12.2 Å². The van der Waals surface area contributed by atoms with Crippen molar-refractivity contribution >= 4 is 11.7 Å². The third-order valence-corrected chi connectivity index (χ3v) is 3.94. The molecule has 4 nitrogen and oxygen atoms in total. The van der Waals surface area contributed by atoms with Gasteiger partial charge in [0.1, 0.15) is 0 Å². The number of nitrogens with zero attached hydrogens (tertiary/aromatic N) is 1. The average molecular weight is 250 g/mol. The number of carbonyl (C=O) groups excluding carboxylic acids is 2. The first-order chi connectivity index (χ1) is 8.60. The average Bonchev–Trinajstić information content (AvgIpc) is 2.40. The minimum atomic E-state index is -1.14. The molecule has 1 amide bonds. The molecule has 0 unspecified atom stereocenters. The SMILES string of the molecule is CNC(=O)[C@@H](C#N)C(=O)C[C@@H](C)C1CCCCC1. The van der Waals surface area contributed by atoms with E-state index >= 15 is 0 Å². The van der Waals surface area contributed by atoms with Gasteiger partial charge in [0.25, 0.3) is 0 Å². The highest BCUT2D eigenvalue weighted by atomic mass is 16.2. The molecule has 0 heterocycles. The number of hydrogen-bond acceptors (Lipinski definition) is 3. The third kappa shape index (κ3) is 3.83. The van der Waals surface area contributed by atoms with Crippen LogP contribution in [0.15, 0.2) is 0 Å². The number of carbonyl (C=O) groups is 2. The van der Waals surface area contributed by atoms with Crippen LogP contribution in [-0.4, -0.2) is 18.7 Å². The van der Waals surface area contributed by atoms with Crippen LogP contribution in [0.5, 0.6) is 0 Å². The fraction of sp³-hybridized carbons (Fsp3) is 0.786. The summed E-state index contributed by atoms with van der Waals surface area (Å²) >= 11 is 0. The van der Waals surface area contributed by atoms with Crippen LogP contribution in [0.25, 0.3) is 0 Å². The number of rotatable bonds is 5. The van der Waals surface area contributed by atoms with Crippen molar-refractivity contribution < 1.29 is 9.59 Å². The van der Waals surface area contributed by atoms with Gasteiger partial charge in [-0.1, -0.05) is 39.0 Å². The Labute approximate surface area is 109 Å². The molecule has 1 aliphatic carbocycles. The van der Waals surface area contributed by atoms with E-state index < -0.39 is 11.8 Å². The quantitative estimate of drug-likeness (QED) is 0.759. The standard InChI is InChI=1S/C14H22N2O2/c1-10(11-6-4-3-5-7-11)8-13(17)12(9-15)14(18)16-2/h10-12H,3-8H2,1-2H3,(H,16,18)/t10-,12+/m1/s1. The number of ketones is 1. The zero-order valence-electron chi connectivity index (χ0n) is 11.2. The molecular weight excluding hydrogens is 228 g/mol. The Morgan fingerprint density at radius 1 is 1.33 bits per heavy atom. The second-order valence-corrected chi connectivity index (χ2v) is 5.22. The molecule has 18 heavy (non-hydrogen) atoms. The second-order valence-electron chi connectivity index (χ2n) is 5.22. The molecule has 1 aliphatic rings. The predicted molar refractivity (Wildman–Crippen MR) is 68.5 cm³/mol. The normalized spacial score (nSPS) is 19.6. The van der Waals surface area contributed by atoms with Gasteiger partial charge in [0.2, 0.25) is 5.91 Å². The van der Waals surface area contributed by atoms with Gasteiger partial charge in [-0.05, 0) is 11.8 Å². The lowest BCUT2D eigenvalue weighted by molar-refractivity contribution is -0.132. The minimum Gasteiger partial charge on any atom is -0.358 e. The summed E-state index contributed by atoms with van der Waals surface area (Å²) in [7, 11) is 1.45. The van der Waals surface area contributed by atoms with Crippen LogP contribution in [0, 0.1) is 29.1 Å². The first kappa shape index (κ1) is 14.7. The second kappa shape index (κ2) is 7.15. The van der Waals surface area contributed by atoms with Crippen molar-refractivity contribution in [1.29, 1.82) is 5.26 Å². The molecule has 4 heteroatoms. The lowest BCUT2D eigenvalue weighted by Gasteiger charge is -2.27. The van der Waals surface area contributed by atoms with Gasteiger partial charge < -0.3 is 5.32 Å². The van der Waals surface area contributed by atoms with E-state index in [0.717, 1.165) is 0 Å². The van der Waals surface area contributed by atoms with Gasteiger partial charge in [0, 0.05) is 13.5 Å². The van der Waals surface area contributed by atoms with Crippen LogP contribution < -0.4 is 5.32 Å². The number of amides is 1. The van der Waals surface area contributed by atoms with Crippen molar-refractivity contribution in [2.24, 2.45) is 17.8 Å². The van der Waals surface area contributed by atoms with Crippen LogP contribution in [0.2, 0.25) is 0 Å². The highest BCUT2D eigenvalue weighted by molar-refractivity contribution is 6.03. The summed E-state index contributed by atoms with van der Waals surface area (Å²) in [4.78, 5) is 23.3. The van der Waals surface area contributed by atoms with E-state index in [0.29, 0.717) is 12.3 Å². The van der Waals surface area contributed by atoms with Gasteiger partial charge >= 0.3 is 0 Å². The predicted octanol–water partition coefficient (Wildman–Crippen LogP) is 2.05. The number of nitrogens with one attached hydrogen (secondary N) is 1. The molecule has 0 radical (unpaired) electrons. The number of Topliss-reactive ketones (excluding diaryl/α,β-unsaturated/α-hetero) is 1. The highest BCUT2D eigenvalue weighted by Crippen LogP contribution is 2.32.